The zero-order chi connectivity index (χ0) is 12.8. The molecule has 0 spiro atoms. The number of carbonyl (C=O) groups is 1. The minimum atomic E-state index is 0.679. The van der Waals surface area contributed by atoms with Crippen molar-refractivity contribution in [2.45, 2.75) is 13.3 Å². The first-order valence-corrected chi connectivity index (χ1v) is 6.04. The van der Waals surface area contributed by atoms with E-state index in [0.717, 1.165) is 23.0 Å². The maximum atomic E-state index is 11.1. The second kappa shape index (κ2) is 5.97. The van der Waals surface area contributed by atoms with Crippen LogP contribution >= 0.6 is 0 Å². The van der Waals surface area contributed by atoms with Gasteiger partial charge in [0, 0.05) is 6.42 Å². The van der Waals surface area contributed by atoms with Gasteiger partial charge in [-0.1, -0.05) is 60.2 Å². The Kier molecular flexibility index (Phi) is 4.08. The number of carbonyl (C=O) groups excluding carboxylic acids is 1. The lowest BCUT2D eigenvalue weighted by atomic mass is 10.0. The molecule has 1 nitrogen and oxygen atoms in total. The minimum absolute atomic E-state index is 0.679. The van der Waals surface area contributed by atoms with Crippen molar-refractivity contribution in [3.8, 4) is 0 Å². The molecular weight excluding hydrogens is 220 g/mol. The molecule has 2 aromatic carbocycles. The first kappa shape index (κ1) is 12.3. The third-order valence-electron chi connectivity index (χ3n) is 2.83. The molecule has 0 heterocycles. The molecule has 0 saturated heterocycles. The van der Waals surface area contributed by atoms with Gasteiger partial charge in [-0.3, -0.25) is 4.79 Å². The Morgan fingerprint density at radius 2 is 1.67 bits per heavy atom. The summed E-state index contributed by atoms with van der Waals surface area (Å²) in [5, 5.41) is 0. The predicted octanol–water partition coefficient (Wildman–Crippen LogP) is 3.82. The molecule has 0 radical (unpaired) electrons. The maximum Gasteiger partial charge on any atom is 0.146 e. The molecule has 2 aromatic rings. The van der Waals surface area contributed by atoms with E-state index in [1.54, 1.807) is 0 Å². The molecule has 0 N–H and O–H groups in total. The van der Waals surface area contributed by atoms with Crippen LogP contribution in [-0.2, 0) is 11.2 Å². The number of aryl methyl sites for hydroxylation is 1. The maximum absolute atomic E-state index is 11.1. The number of rotatable bonds is 4. The average molecular weight is 236 g/mol. The van der Waals surface area contributed by atoms with Gasteiger partial charge in [-0.15, -0.1) is 0 Å². The van der Waals surface area contributed by atoms with Gasteiger partial charge >= 0.3 is 0 Å². The molecule has 0 aliphatic rings. The van der Waals surface area contributed by atoms with Crippen molar-refractivity contribution in [3.05, 3.63) is 76.9 Å². The van der Waals surface area contributed by atoms with Gasteiger partial charge in [-0.2, -0.15) is 0 Å². The van der Waals surface area contributed by atoms with Gasteiger partial charge in [0.05, 0.1) is 0 Å². The van der Waals surface area contributed by atoms with Crippen LogP contribution in [0.3, 0.4) is 0 Å². The number of allylic oxidation sites excluding steroid dienone is 1. The number of hydrogen-bond acceptors (Lipinski definition) is 1. The fourth-order valence-corrected chi connectivity index (χ4v) is 1.84. The molecule has 0 unspecified atom stereocenters. The van der Waals surface area contributed by atoms with Gasteiger partial charge in [0.15, 0.2) is 0 Å². The number of aldehydes is 1. The summed E-state index contributed by atoms with van der Waals surface area (Å²) in [7, 11) is 0. The van der Waals surface area contributed by atoms with Gasteiger partial charge in [0.1, 0.15) is 6.29 Å². The van der Waals surface area contributed by atoms with E-state index in [0.29, 0.717) is 6.42 Å². The predicted molar refractivity (Wildman–Crippen MR) is 75.4 cm³/mol. The van der Waals surface area contributed by atoms with Crippen molar-refractivity contribution in [1.29, 1.82) is 0 Å². The van der Waals surface area contributed by atoms with Gasteiger partial charge in [0.25, 0.3) is 0 Å². The van der Waals surface area contributed by atoms with Crippen molar-refractivity contribution in [2.24, 2.45) is 0 Å². The van der Waals surface area contributed by atoms with Crippen LogP contribution in [-0.4, -0.2) is 6.29 Å². The van der Waals surface area contributed by atoms with Gasteiger partial charge < -0.3 is 0 Å². The topological polar surface area (TPSA) is 17.1 Å². The monoisotopic (exact) mass is 236 g/mol. The average Bonchev–Trinajstić information content (AvgIpc) is 2.41. The van der Waals surface area contributed by atoms with E-state index in [2.05, 4.69) is 19.1 Å². The van der Waals surface area contributed by atoms with Gasteiger partial charge in [0.2, 0.25) is 0 Å². The highest BCUT2D eigenvalue weighted by Gasteiger charge is 1.98. The van der Waals surface area contributed by atoms with E-state index in [-0.39, 0.29) is 0 Å². The standard InChI is InChI=1S/C17H16O/c1-14-7-9-16(10-8-14)12-17(13-18)11-15-5-3-2-4-6-15/h2-10,12-13H,11H2,1H3/b17-12+. The summed E-state index contributed by atoms with van der Waals surface area (Å²) in [6.07, 6.45) is 3.56. The van der Waals surface area contributed by atoms with Crippen molar-refractivity contribution >= 4 is 12.4 Å². The van der Waals surface area contributed by atoms with E-state index in [1.165, 1.54) is 5.56 Å². The molecule has 0 amide bonds. The Bertz CT molecular complexity index is 536. The molecule has 1 heteroatoms. The zero-order valence-electron chi connectivity index (χ0n) is 10.5. The lowest BCUT2D eigenvalue weighted by molar-refractivity contribution is -0.104. The van der Waals surface area contributed by atoms with Crippen LogP contribution in [0.5, 0.6) is 0 Å². The van der Waals surface area contributed by atoms with Crippen molar-refractivity contribution in [1.82, 2.24) is 0 Å². The van der Waals surface area contributed by atoms with Crippen LogP contribution in [0.25, 0.3) is 6.08 Å². The molecule has 0 aliphatic heterocycles. The third-order valence-corrected chi connectivity index (χ3v) is 2.83. The molecule has 0 fully saturated rings. The highest BCUT2D eigenvalue weighted by molar-refractivity contribution is 5.82. The van der Waals surface area contributed by atoms with Crippen molar-refractivity contribution in [3.63, 3.8) is 0 Å². The normalized spacial score (nSPS) is 11.3. The second-order valence-electron chi connectivity index (χ2n) is 4.41. The van der Waals surface area contributed by atoms with Crippen LogP contribution < -0.4 is 0 Å². The second-order valence-corrected chi connectivity index (χ2v) is 4.41. The first-order chi connectivity index (χ1) is 8.78. The van der Waals surface area contributed by atoms with E-state index < -0.39 is 0 Å². The number of benzene rings is 2. The minimum Gasteiger partial charge on any atom is -0.298 e. The van der Waals surface area contributed by atoms with Crippen LogP contribution in [0, 0.1) is 6.92 Å². The van der Waals surface area contributed by atoms with Crippen molar-refractivity contribution in [2.75, 3.05) is 0 Å². The molecule has 0 atom stereocenters. The third kappa shape index (κ3) is 3.42. The molecule has 90 valence electrons. The SMILES string of the molecule is Cc1ccc(/C=C(/C=O)Cc2ccccc2)cc1. The smallest absolute Gasteiger partial charge is 0.146 e. The quantitative estimate of drug-likeness (QED) is 0.582. The summed E-state index contributed by atoms with van der Waals surface area (Å²) < 4.78 is 0. The Labute approximate surface area is 108 Å². The molecular formula is C17H16O. The Morgan fingerprint density at radius 3 is 2.28 bits per heavy atom. The Hall–Kier alpha value is -2.15. The lowest BCUT2D eigenvalue weighted by Crippen LogP contribution is -1.91. The fourth-order valence-electron chi connectivity index (χ4n) is 1.84. The van der Waals surface area contributed by atoms with Crippen molar-refractivity contribution < 1.29 is 4.79 Å². The van der Waals surface area contributed by atoms with Crippen LogP contribution in [0.1, 0.15) is 16.7 Å². The van der Waals surface area contributed by atoms with Crippen LogP contribution in [0.2, 0.25) is 0 Å². The summed E-state index contributed by atoms with van der Waals surface area (Å²) in [5.41, 5.74) is 4.24. The fraction of sp³-hybridized carbons (Fsp3) is 0.118. The summed E-state index contributed by atoms with van der Waals surface area (Å²) in [6, 6.07) is 18.2. The Morgan fingerprint density at radius 1 is 1.00 bits per heavy atom. The van der Waals surface area contributed by atoms with E-state index >= 15 is 0 Å². The molecule has 2 rings (SSSR count). The van der Waals surface area contributed by atoms with E-state index in [9.17, 15) is 4.79 Å². The van der Waals surface area contributed by atoms with Gasteiger partial charge in [-0.05, 0) is 29.7 Å². The van der Waals surface area contributed by atoms with E-state index in [4.69, 9.17) is 0 Å². The summed E-state index contributed by atoms with van der Waals surface area (Å²) in [4.78, 5) is 11.1. The zero-order valence-corrected chi connectivity index (χ0v) is 10.5. The Balaban J connectivity index is 2.18. The molecule has 0 aliphatic carbocycles. The highest BCUT2D eigenvalue weighted by Crippen LogP contribution is 2.12. The largest absolute Gasteiger partial charge is 0.298 e. The van der Waals surface area contributed by atoms with Crippen LogP contribution in [0.15, 0.2) is 60.2 Å². The molecule has 18 heavy (non-hydrogen) atoms. The summed E-state index contributed by atoms with van der Waals surface area (Å²) >= 11 is 0. The van der Waals surface area contributed by atoms with E-state index in [1.807, 2.05) is 48.5 Å². The van der Waals surface area contributed by atoms with Gasteiger partial charge in [-0.25, -0.2) is 0 Å². The molecule has 0 aromatic heterocycles. The molecule has 0 bridgehead atoms. The summed E-state index contributed by atoms with van der Waals surface area (Å²) in [6.45, 7) is 2.05. The summed E-state index contributed by atoms with van der Waals surface area (Å²) in [5.74, 6) is 0. The van der Waals surface area contributed by atoms with Crippen LogP contribution in [0.4, 0.5) is 0 Å². The number of hydrogen-bond donors (Lipinski definition) is 0. The lowest BCUT2D eigenvalue weighted by Gasteiger charge is -2.01. The molecule has 0 saturated carbocycles. The first-order valence-electron chi connectivity index (χ1n) is 6.04. The highest BCUT2D eigenvalue weighted by atomic mass is 16.1.